The highest BCUT2D eigenvalue weighted by atomic mass is 15.3. The number of nitrogen functional groups attached to an aromatic ring is 1. The highest BCUT2D eigenvalue weighted by molar-refractivity contribution is 5.83. The van der Waals surface area contributed by atoms with Gasteiger partial charge in [-0.05, 0) is 79.3 Å². The molecule has 0 unspecified atom stereocenters. The fourth-order valence-corrected chi connectivity index (χ4v) is 5.86. The van der Waals surface area contributed by atoms with Crippen molar-refractivity contribution in [2.75, 3.05) is 18.8 Å². The number of piperidine rings is 1. The molecule has 5 aromatic rings. The molecule has 0 saturated carbocycles. The SMILES string of the molecule is N#CN1CCC(N[C@H]2CCc3cc(-n4c(-c5cccnc5N)nc5ccc(-n6cccn6)nc54)ccc32)CC1. The summed E-state index contributed by atoms with van der Waals surface area (Å²) in [5.74, 6) is 1.85. The summed E-state index contributed by atoms with van der Waals surface area (Å²) < 4.78 is 3.82. The number of nitrogens with one attached hydrogen (secondary N) is 1. The van der Waals surface area contributed by atoms with Crippen molar-refractivity contribution in [1.82, 2.24) is 39.5 Å². The summed E-state index contributed by atoms with van der Waals surface area (Å²) in [5, 5.41) is 17.4. The van der Waals surface area contributed by atoms with Crippen molar-refractivity contribution in [2.45, 2.75) is 37.8 Å². The maximum absolute atomic E-state index is 9.16. The lowest BCUT2D eigenvalue weighted by molar-refractivity contribution is 0.254. The average molecular weight is 517 g/mol. The van der Waals surface area contributed by atoms with Crippen LogP contribution < -0.4 is 11.1 Å². The zero-order chi connectivity index (χ0) is 26.3. The standard InChI is InChI=1S/C29H28N10/c30-18-37-15-10-20(11-16-37)34-24-7-4-19-17-21(5-6-22(19)24)39-28(23-3-1-12-32-27(23)31)35-25-8-9-26(36-29(25)39)38-14-2-13-33-38/h1-3,5-6,8-9,12-14,17,20,24,34H,4,7,10-11,15-16H2,(H2,31,32)/t24-/m0/s1. The number of benzene rings is 1. The number of pyridine rings is 2. The van der Waals surface area contributed by atoms with Gasteiger partial charge in [0.1, 0.15) is 11.3 Å². The van der Waals surface area contributed by atoms with Crippen LogP contribution in [-0.2, 0) is 6.42 Å². The number of imidazole rings is 1. The van der Waals surface area contributed by atoms with E-state index in [-0.39, 0.29) is 0 Å². The Bertz CT molecular complexity index is 1690. The van der Waals surface area contributed by atoms with Gasteiger partial charge in [0.25, 0.3) is 0 Å². The molecule has 0 amide bonds. The highest BCUT2D eigenvalue weighted by Gasteiger charge is 2.28. The number of hydrogen-bond donors (Lipinski definition) is 2. The Labute approximate surface area is 225 Å². The van der Waals surface area contributed by atoms with Crippen LogP contribution in [0.25, 0.3) is 34.1 Å². The second-order valence-electron chi connectivity index (χ2n) is 10.2. The predicted molar refractivity (Wildman–Crippen MR) is 148 cm³/mol. The summed E-state index contributed by atoms with van der Waals surface area (Å²) in [5.41, 5.74) is 12.2. The summed E-state index contributed by atoms with van der Waals surface area (Å²) in [6.07, 6.45) is 11.6. The van der Waals surface area contributed by atoms with Gasteiger partial charge in [-0.1, -0.05) is 6.07 Å². The van der Waals surface area contributed by atoms with Gasteiger partial charge in [-0.15, -0.1) is 0 Å². The van der Waals surface area contributed by atoms with Gasteiger partial charge in [-0.25, -0.2) is 19.6 Å². The van der Waals surface area contributed by atoms with E-state index in [9.17, 15) is 0 Å². The van der Waals surface area contributed by atoms with E-state index in [1.54, 1.807) is 17.1 Å². The van der Waals surface area contributed by atoms with Crippen LogP contribution in [0.15, 0.2) is 67.1 Å². The largest absolute Gasteiger partial charge is 0.383 e. The van der Waals surface area contributed by atoms with E-state index in [2.05, 4.69) is 44.4 Å². The molecule has 194 valence electrons. The van der Waals surface area contributed by atoms with E-state index in [1.165, 1.54) is 11.1 Å². The molecule has 1 atom stereocenters. The molecule has 10 nitrogen and oxygen atoms in total. The van der Waals surface area contributed by atoms with E-state index in [0.29, 0.717) is 29.5 Å². The van der Waals surface area contributed by atoms with Crippen LogP contribution >= 0.6 is 0 Å². The lowest BCUT2D eigenvalue weighted by Gasteiger charge is -2.31. The summed E-state index contributed by atoms with van der Waals surface area (Å²) in [6.45, 7) is 1.66. The first-order chi connectivity index (χ1) is 19.2. The Kier molecular flexibility index (Phi) is 5.71. The molecule has 1 aliphatic heterocycles. The van der Waals surface area contributed by atoms with Crippen molar-refractivity contribution in [3.05, 3.63) is 78.2 Å². The Morgan fingerprint density at radius 2 is 1.90 bits per heavy atom. The molecular formula is C29H28N10. The topological polar surface area (TPSA) is 126 Å². The van der Waals surface area contributed by atoms with Crippen molar-refractivity contribution in [3.8, 4) is 29.1 Å². The molecule has 1 aromatic carbocycles. The second-order valence-corrected chi connectivity index (χ2v) is 10.2. The number of aryl methyl sites for hydroxylation is 1. The molecule has 5 heterocycles. The van der Waals surface area contributed by atoms with Gasteiger partial charge in [-0.2, -0.15) is 10.4 Å². The van der Waals surface area contributed by atoms with Crippen LogP contribution in [-0.4, -0.2) is 53.3 Å². The van der Waals surface area contributed by atoms with E-state index in [1.807, 2.05) is 41.4 Å². The molecular weight excluding hydrogens is 488 g/mol. The van der Waals surface area contributed by atoms with Crippen LogP contribution in [0.4, 0.5) is 5.82 Å². The maximum atomic E-state index is 9.16. The lowest BCUT2D eigenvalue weighted by Crippen LogP contribution is -2.41. The third kappa shape index (κ3) is 4.17. The van der Waals surface area contributed by atoms with Crippen LogP contribution in [0, 0.1) is 11.5 Å². The molecule has 0 radical (unpaired) electrons. The smallest absolute Gasteiger partial charge is 0.179 e. The fourth-order valence-electron chi connectivity index (χ4n) is 5.86. The minimum absolute atomic E-state index is 0.324. The monoisotopic (exact) mass is 516 g/mol. The van der Waals surface area contributed by atoms with Gasteiger partial charge in [0.15, 0.2) is 23.5 Å². The van der Waals surface area contributed by atoms with E-state index in [0.717, 1.165) is 61.2 Å². The molecule has 0 spiro atoms. The molecule has 0 bridgehead atoms. The molecule has 4 aromatic heterocycles. The normalized spacial score (nSPS) is 17.4. The summed E-state index contributed by atoms with van der Waals surface area (Å²) in [4.78, 5) is 16.1. The maximum Gasteiger partial charge on any atom is 0.179 e. The Morgan fingerprint density at radius 3 is 2.69 bits per heavy atom. The third-order valence-electron chi connectivity index (χ3n) is 7.84. The summed E-state index contributed by atoms with van der Waals surface area (Å²) >= 11 is 0. The molecule has 1 aliphatic carbocycles. The second kappa shape index (κ2) is 9.53. The zero-order valence-electron chi connectivity index (χ0n) is 21.4. The van der Waals surface area contributed by atoms with Gasteiger partial charge in [-0.3, -0.25) is 4.57 Å². The Balaban J connectivity index is 1.29. The van der Waals surface area contributed by atoms with E-state index >= 15 is 0 Å². The molecule has 10 heteroatoms. The van der Waals surface area contributed by atoms with Gasteiger partial charge in [0, 0.05) is 49.5 Å². The molecule has 39 heavy (non-hydrogen) atoms. The number of fused-ring (bicyclic) bond motifs is 2. The van der Waals surface area contributed by atoms with Gasteiger partial charge < -0.3 is 16.0 Å². The number of rotatable bonds is 5. The van der Waals surface area contributed by atoms with Crippen molar-refractivity contribution >= 4 is 17.0 Å². The van der Waals surface area contributed by atoms with E-state index in [4.69, 9.17) is 21.0 Å². The van der Waals surface area contributed by atoms with Crippen molar-refractivity contribution in [3.63, 3.8) is 0 Å². The number of hydrogen-bond acceptors (Lipinski definition) is 8. The first kappa shape index (κ1) is 23.4. The minimum atomic E-state index is 0.324. The number of nitrogens with zero attached hydrogens (tertiary/aromatic N) is 8. The van der Waals surface area contributed by atoms with Crippen molar-refractivity contribution in [1.29, 1.82) is 5.26 Å². The Hall–Kier alpha value is -4.75. The fraction of sp³-hybridized carbons (Fsp3) is 0.276. The minimum Gasteiger partial charge on any atom is -0.383 e. The molecule has 3 N–H and O–H groups in total. The molecule has 1 fully saturated rings. The van der Waals surface area contributed by atoms with Crippen molar-refractivity contribution < 1.29 is 0 Å². The molecule has 2 aliphatic rings. The van der Waals surface area contributed by atoms with Crippen LogP contribution in [0.5, 0.6) is 0 Å². The summed E-state index contributed by atoms with van der Waals surface area (Å²) in [6, 6.07) is 17.0. The van der Waals surface area contributed by atoms with Gasteiger partial charge >= 0.3 is 0 Å². The molecule has 7 rings (SSSR count). The number of likely N-dealkylation sites (tertiary alicyclic amines) is 1. The number of nitrogens with two attached hydrogens (primary N) is 1. The third-order valence-corrected chi connectivity index (χ3v) is 7.84. The highest BCUT2D eigenvalue weighted by Crippen LogP contribution is 2.36. The van der Waals surface area contributed by atoms with Crippen molar-refractivity contribution in [2.24, 2.45) is 0 Å². The van der Waals surface area contributed by atoms with Crippen LogP contribution in [0.1, 0.15) is 36.4 Å². The zero-order valence-corrected chi connectivity index (χ0v) is 21.4. The predicted octanol–water partition coefficient (Wildman–Crippen LogP) is 3.77. The molecule has 1 saturated heterocycles. The van der Waals surface area contributed by atoms with Crippen LogP contribution in [0.3, 0.4) is 0 Å². The number of aromatic nitrogens is 6. The van der Waals surface area contributed by atoms with Gasteiger partial charge in [0.05, 0.1) is 5.56 Å². The summed E-state index contributed by atoms with van der Waals surface area (Å²) in [7, 11) is 0. The number of anilines is 1. The van der Waals surface area contributed by atoms with Gasteiger partial charge in [0.2, 0.25) is 0 Å². The lowest BCUT2D eigenvalue weighted by atomic mass is 10.0. The first-order valence-electron chi connectivity index (χ1n) is 13.3. The Morgan fingerprint density at radius 1 is 1.00 bits per heavy atom. The number of nitriles is 1. The van der Waals surface area contributed by atoms with Crippen LogP contribution in [0.2, 0.25) is 0 Å². The quantitative estimate of drug-likeness (QED) is 0.338. The first-order valence-corrected chi connectivity index (χ1v) is 13.3. The average Bonchev–Trinajstić information content (AvgIpc) is 3.72. The van der Waals surface area contributed by atoms with E-state index < -0.39 is 0 Å².